The summed E-state index contributed by atoms with van der Waals surface area (Å²) in [7, 11) is 3.14. The second kappa shape index (κ2) is 8.02. The van der Waals surface area contributed by atoms with Crippen molar-refractivity contribution in [2.24, 2.45) is 13.0 Å². The normalized spacial score (nSPS) is 14.6. The van der Waals surface area contributed by atoms with E-state index < -0.39 is 11.2 Å². The monoisotopic (exact) mass is 422 g/mol. The second-order valence-electron chi connectivity index (χ2n) is 8.33. The molecular weight excluding hydrogens is 396 g/mol. The van der Waals surface area contributed by atoms with Crippen LogP contribution in [0.25, 0.3) is 11.0 Å². The lowest BCUT2D eigenvalue weighted by molar-refractivity contribution is 0.0933. The summed E-state index contributed by atoms with van der Waals surface area (Å²) in [5, 5.41) is 3.24. The molecule has 1 aliphatic rings. The highest BCUT2D eigenvalue weighted by Gasteiger charge is 2.34. The number of hydrogen-bond donors (Lipinski definition) is 2. The van der Waals surface area contributed by atoms with E-state index in [1.165, 1.54) is 11.6 Å². The Kier molecular flexibility index (Phi) is 5.39. The van der Waals surface area contributed by atoms with E-state index in [-0.39, 0.29) is 34.5 Å². The Morgan fingerprint density at radius 2 is 1.90 bits per heavy atom. The van der Waals surface area contributed by atoms with Gasteiger partial charge in [0, 0.05) is 12.7 Å². The Hall–Kier alpha value is -3.42. The Morgan fingerprint density at radius 1 is 1.23 bits per heavy atom. The van der Waals surface area contributed by atoms with Gasteiger partial charge in [-0.15, -0.1) is 0 Å². The molecule has 1 atom stereocenters. The number of carbonyl (C=O) groups excluding carboxylic acids is 1. The number of nitrogens with one attached hydrogen (secondary N) is 2. The molecular formula is C23H26N4O4. The lowest BCUT2D eigenvalue weighted by Crippen LogP contribution is -2.34. The van der Waals surface area contributed by atoms with E-state index in [0.717, 1.165) is 24.2 Å². The lowest BCUT2D eigenvalue weighted by atomic mass is 10.00. The van der Waals surface area contributed by atoms with Gasteiger partial charge in [-0.1, -0.05) is 26.0 Å². The van der Waals surface area contributed by atoms with Crippen LogP contribution in [-0.2, 0) is 7.05 Å². The third-order valence-electron chi connectivity index (χ3n) is 5.78. The molecule has 1 fully saturated rings. The smallest absolute Gasteiger partial charge is 0.329 e. The predicted molar refractivity (Wildman–Crippen MR) is 118 cm³/mol. The predicted octanol–water partition coefficient (Wildman–Crippen LogP) is 2.63. The third-order valence-corrected chi connectivity index (χ3v) is 5.78. The van der Waals surface area contributed by atoms with Gasteiger partial charge in [-0.2, -0.15) is 0 Å². The first-order chi connectivity index (χ1) is 14.8. The van der Waals surface area contributed by atoms with E-state index in [0.29, 0.717) is 11.6 Å². The minimum Gasteiger partial charge on any atom is -0.497 e. The zero-order chi connectivity index (χ0) is 22.3. The minimum absolute atomic E-state index is 0.0196. The van der Waals surface area contributed by atoms with Crippen molar-refractivity contribution in [3.05, 3.63) is 68.0 Å². The van der Waals surface area contributed by atoms with Gasteiger partial charge in [-0.05, 0) is 48.4 Å². The topological polar surface area (TPSA) is 106 Å². The highest BCUT2D eigenvalue weighted by Crippen LogP contribution is 2.41. The van der Waals surface area contributed by atoms with Crippen molar-refractivity contribution in [1.82, 2.24) is 19.9 Å². The number of methoxy groups -OCH3 is 1. The van der Waals surface area contributed by atoms with E-state index in [1.807, 2.05) is 38.1 Å². The van der Waals surface area contributed by atoms with Crippen LogP contribution < -0.4 is 21.3 Å². The van der Waals surface area contributed by atoms with Crippen LogP contribution in [0.3, 0.4) is 0 Å². The number of ether oxygens (including phenoxy) is 1. The molecule has 8 nitrogen and oxygen atoms in total. The number of rotatable bonds is 6. The van der Waals surface area contributed by atoms with Gasteiger partial charge < -0.3 is 10.1 Å². The van der Waals surface area contributed by atoms with E-state index in [9.17, 15) is 14.4 Å². The van der Waals surface area contributed by atoms with Crippen LogP contribution in [0.4, 0.5) is 0 Å². The Labute approximate surface area is 179 Å². The molecule has 0 saturated heterocycles. The van der Waals surface area contributed by atoms with Crippen LogP contribution >= 0.6 is 0 Å². The van der Waals surface area contributed by atoms with Gasteiger partial charge >= 0.3 is 5.69 Å². The Morgan fingerprint density at radius 3 is 2.48 bits per heavy atom. The number of aromatic nitrogens is 3. The van der Waals surface area contributed by atoms with Gasteiger partial charge in [0.25, 0.3) is 11.5 Å². The maximum atomic E-state index is 13.4. The average molecular weight is 422 g/mol. The molecule has 31 heavy (non-hydrogen) atoms. The fourth-order valence-corrected chi connectivity index (χ4v) is 3.77. The Balaban J connectivity index is 1.79. The number of benzene rings is 1. The molecule has 2 heterocycles. The van der Waals surface area contributed by atoms with Gasteiger partial charge in [0.1, 0.15) is 11.4 Å². The molecule has 2 aromatic heterocycles. The first-order valence-electron chi connectivity index (χ1n) is 10.4. The van der Waals surface area contributed by atoms with Crippen molar-refractivity contribution in [3.8, 4) is 5.75 Å². The van der Waals surface area contributed by atoms with Crippen molar-refractivity contribution in [2.75, 3.05) is 7.11 Å². The third kappa shape index (κ3) is 3.97. The molecule has 1 amide bonds. The maximum absolute atomic E-state index is 13.4. The zero-order valence-electron chi connectivity index (χ0n) is 18.1. The second-order valence-corrected chi connectivity index (χ2v) is 8.33. The van der Waals surface area contributed by atoms with Crippen LogP contribution in [0, 0.1) is 5.92 Å². The van der Waals surface area contributed by atoms with E-state index in [4.69, 9.17) is 4.74 Å². The number of aromatic amines is 1. The molecule has 1 saturated carbocycles. The van der Waals surface area contributed by atoms with Gasteiger partial charge in [-0.3, -0.25) is 19.1 Å². The number of nitrogens with zero attached hydrogens (tertiary/aromatic N) is 2. The molecule has 162 valence electrons. The first-order valence-corrected chi connectivity index (χ1v) is 10.4. The molecule has 1 unspecified atom stereocenters. The number of amides is 1. The standard InChI is InChI=1S/C23H26N4O4/c1-12(2)17-11-16(18-20(24-17)27(3)23(30)26-22(18)29)21(28)25-19(13-5-6-13)14-7-9-15(31-4)10-8-14/h7-13,19H,5-6H2,1-4H3,(H,25,28)(H,26,29,30). The molecule has 2 N–H and O–H groups in total. The maximum Gasteiger partial charge on any atom is 0.329 e. The van der Waals surface area contributed by atoms with Crippen molar-refractivity contribution in [2.45, 2.75) is 38.6 Å². The summed E-state index contributed by atoms with van der Waals surface area (Å²) in [6.45, 7) is 3.90. The summed E-state index contributed by atoms with van der Waals surface area (Å²) in [5.74, 6) is 0.758. The highest BCUT2D eigenvalue weighted by molar-refractivity contribution is 6.05. The zero-order valence-corrected chi connectivity index (χ0v) is 18.1. The van der Waals surface area contributed by atoms with E-state index in [1.54, 1.807) is 13.2 Å². The summed E-state index contributed by atoms with van der Waals surface area (Å²) in [6.07, 6.45) is 2.06. The van der Waals surface area contributed by atoms with Crippen LogP contribution in [-0.4, -0.2) is 27.6 Å². The average Bonchev–Trinajstić information content (AvgIpc) is 3.60. The number of aryl methyl sites for hydroxylation is 1. The van der Waals surface area contributed by atoms with Crippen LogP contribution in [0.15, 0.2) is 39.9 Å². The molecule has 0 radical (unpaired) electrons. The number of fused-ring (bicyclic) bond motifs is 1. The van der Waals surface area contributed by atoms with Gasteiger partial charge in [0.05, 0.1) is 24.1 Å². The van der Waals surface area contributed by atoms with Crippen molar-refractivity contribution >= 4 is 16.9 Å². The van der Waals surface area contributed by atoms with Gasteiger partial charge in [0.2, 0.25) is 0 Å². The lowest BCUT2D eigenvalue weighted by Gasteiger charge is -2.20. The van der Waals surface area contributed by atoms with Crippen LogP contribution in [0.1, 0.15) is 60.3 Å². The van der Waals surface area contributed by atoms with Crippen LogP contribution in [0.5, 0.6) is 5.75 Å². The largest absolute Gasteiger partial charge is 0.497 e. The number of carbonyl (C=O) groups is 1. The summed E-state index contributed by atoms with van der Waals surface area (Å²) >= 11 is 0. The molecule has 1 aromatic carbocycles. The first kappa shape index (κ1) is 20.8. The molecule has 4 rings (SSSR count). The number of hydrogen-bond acceptors (Lipinski definition) is 5. The van der Waals surface area contributed by atoms with Gasteiger partial charge in [0.15, 0.2) is 0 Å². The van der Waals surface area contributed by atoms with Crippen molar-refractivity contribution in [3.63, 3.8) is 0 Å². The molecule has 0 spiro atoms. The molecule has 8 heteroatoms. The van der Waals surface area contributed by atoms with Gasteiger partial charge in [-0.25, -0.2) is 9.78 Å². The van der Waals surface area contributed by atoms with Crippen molar-refractivity contribution in [1.29, 1.82) is 0 Å². The minimum atomic E-state index is -0.613. The van der Waals surface area contributed by atoms with E-state index in [2.05, 4.69) is 15.3 Å². The number of pyridine rings is 1. The quantitative estimate of drug-likeness (QED) is 0.635. The molecule has 3 aromatic rings. The Bertz CT molecular complexity index is 1250. The SMILES string of the molecule is COc1ccc(C(NC(=O)c2cc(C(C)C)nc3c2c(=O)[nH]c(=O)n3C)C2CC2)cc1. The van der Waals surface area contributed by atoms with Crippen molar-refractivity contribution < 1.29 is 9.53 Å². The van der Waals surface area contributed by atoms with E-state index >= 15 is 0 Å². The molecule has 1 aliphatic carbocycles. The number of H-pyrrole nitrogens is 1. The molecule has 0 aliphatic heterocycles. The van der Waals surface area contributed by atoms with Crippen LogP contribution in [0.2, 0.25) is 0 Å². The summed E-state index contributed by atoms with van der Waals surface area (Å²) < 4.78 is 6.50. The molecule has 0 bridgehead atoms. The fraction of sp³-hybridized carbons (Fsp3) is 0.391. The summed E-state index contributed by atoms with van der Waals surface area (Å²) in [5.41, 5.74) is 0.887. The fourth-order valence-electron chi connectivity index (χ4n) is 3.77. The summed E-state index contributed by atoms with van der Waals surface area (Å²) in [6, 6.07) is 9.12. The highest BCUT2D eigenvalue weighted by atomic mass is 16.5. The summed E-state index contributed by atoms with van der Waals surface area (Å²) in [4.78, 5) is 44.9.